The van der Waals surface area contributed by atoms with E-state index in [1.807, 2.05) is 0 Å². The number of hydrogen-bond donors (Lipinski definition) is 0. The summed E-state index contributed by atoms with van der Waals surface area (Å²) in [5, 5.41) is 0. The van der Waals surface area contributed by atoms with Crippen molar-refractivity contribution in [1.82, 2.24) is 0 Å². The predicted octanol–water partition coefficient (Wildman–Crippen LogP) is -0.734. The van der Waals surface area contributed by atoms with E-state index in [4.69, 9.17) is 0 Å². The highest BCUT2D eigenvalue weighted by Gasteiger charge is 1.83. The largest absolute Gasteiger partial charge is 0.297 e. The van der Waals surface area contributed by atoms with Gasteiger partial charge in [0.1, 0.15) is 0 Å². The second kappa shape index (κ2) is 2.08. The van der Waals surface area contributed by atoms with Crippen molar-refractivity contribution in [2.45, 2.75) is 6.04 Å². The number of rotatable bonds is 1. The van der Waals surface area contributed by atoms with Crippen LogP contribution in [-0.2, 0) is 4.79 Å². The number of carbonyl (C=O) groups excluding carboxylic acids is 1. The first-order valence-corrected chi connectivity index (χ1v) is 2.87. The summed E-state index contributed by atoms with van der Waals surface area (Å²) in [6.07, 6.45) is 0. The minimum absolute atomic E-state index is 0.139. The third-order valence-electron chi connectivity index (χ3n) is 0.278. The molecule has 0 bridgehead atoms. The number of halogens is 1. The lowest BCUT2D eigenvalue weighted by Gasteiger charge is -1.66. The number of hydrogen-bond acceptors (Lipinski definition) is 1. The molecule has 0 atom stereocenters. The van der Waals surface area contributed by atoms with Crippen LogP contribution in [0.2, 0.25) is 6.04 Å². The van der Waals surface area contributed by atoms with Crippen molar-refractivity contribution in [1.29, 1.82) is 0 Å². The van der Waals surface area contributed by atoms with Gasteiger partial charge in [0.2, 0.25) is 0 Å². The Morgan fingerprint density at radius 3 is 2.20 bits per heavy atom. The zero-order chi connectivity index (χ0) is 4.28. The van der Waals surface area contributed by atoms with Crippen LogP contribution in [0, 0.1) is 0 Å². The molecule has 3 heteroatoms. The monoisotopic (exact) mass is 92.0 g/mol. The van der Waals surface area contributed by atoms with Gasteiger partial charge in [0.15, 0.2) is 0 Å². The maximum Gasteiger partial charge on any atom is 0.297 e. The molecule has 0 aliphatic heterocycles. The zero-order valence-corrected chi connectivity index (χ0v) is 4.99. The topological polar surface area (TPSA) is 17.1 Å². The Bertz CT molecular complexity index is 44.9. The predicted molar refractivity (Wildman–Crippen MR) is 20.9 cm³/mol. The Kier molecular flexibility index (Phi) is 2.00. The highest BCUT2D eigenvalue weighted by molar-refractivity contribution is 6.18. The summed E-state index contributed by atoms with van der Waals surface area (Å²) in [6.45, 7) is 0. The lowest BCUT2D eigenvalue weighted by Crippen LogP contribution is -1.80. The molecule has 0 rings (SSSR count). The minimum Gasteiger partial charge on any atom is -0.262 e. The molecule has 0 heterocycles. The van der Waals surface area contributed by atoms with Gasteiger partial charge in [0.05, 0.1) is 0 Å². The van der Waals surface area contributed by atoms with Crippen LogP contribution in [0.25, 0.3) is 0 Å². The van der Waals surface area contributed by atoms with Crippen LogP contribution in [0.5, 0.6) is 0 Å². The van der Waals surface area contributed by atoms with Gasteiger partial charge in [-0.2, -0.15) is 4.39 Å². The molecule has 0 spiro atoms. The fraction of sp³-hybridized carbons (Fsp3) is 0.500. The third-order valence-corrected chi connectivity index (χ3v) is 0.834. The molecule has 0 aromatic rings. The molecular weight excluding hydrogens is 87.1 g/mol. The zero-order valence-electron chi connectivity index (χ0n) is 2.99. The molecule has 0 fully saturated rings. The average Bonchev–Trinajstić information content (AvgIpc) is 1.38. The summed E-state index contributed by atoms with van der Waals surface area (Å²) < 4.78 is 10.8. The van der Waals surface area contributed by atoms with Crippen LogP contribution in [0.15, 0.2) is 0 Å². The maximum atomic E-state index is 10.8. The van der Waals surface area contributed by atoms with E-state index in [-0.39, 0.29) is 6.04 Å². The normalized spacial score (nSPS) is 8.20. The van der Waals surface area contributed by atoms with E-state index in [1.165, 1.54) is 0 Å². The summed E-state index contributed by atoms with van der Waals surface area (Å²) in [5.74, 6) is 0. The second-order valence-corrected chi connectivity index (χ2v) is 1.42. The molecule has 0 unspecified atom stereocenters. The van der Waals surface area contributed by atoms with E-state index in [2.05, 4.69) is 0 Å². The smallest absolute Gasteiger partial charge is 0.262 e. The Balaban J connectivity index is 2.85. The molecule has 0 aromatic heterocycles. The first-order valence-electron chi connectivity index (χ1n) is 1.45. The summed E-state index contributed by atoms with van der Waals surface area (Å²) in [7, 11) is 0.649. The van der Waals surface area contributed by atoms with Crippen LogP contribution in [0.1, 0.15) is 0 Å². The fourth-order valence-electron chi connectivity index (χ4n) is 0. The molecule has 0 radical (unpaired) electrons. The van der Waals surface area contributed by atoms with E-state index in [9.17, 15) is 9.18 Å². The standard InChI is InChI=1S/C2H5FOSi/c3-2(4)1-5/h1H2,5H3. The lowest BCUT2D eigenvalue weighted by molar-refractivity contribution is -0.126. The lowest BCUT2D eigenvalue weighted by atomic mass is 10.9. The highest BCUT2D eigenvalue weighted by atomic mass is 28.1. The van der Waals surface area contributed by atoms with Gasteiger partial charge in [0.25, 0.3) is 6.04 Å². The summed E-state index contributed by atoms with van der Waals surface area (Å²) >= 11 is 0. The van der Waals surface area contributed by atoms with Gasteiger partial charge in [-0.3, -0.25) is 4.79 Å². The molecule has 1 nitrogen and oxygen atoms in total. The minimum atomic E-state index is -1.18. The molecule has 0 aliphatic carbocycles. The molecule has 0 aliphatic rings. The van der Waals surface area contributed by atoms with Crippen molar-refractivity contribution in [2.75, 3.05) is 0 Å². The van der Waals surface area contributed by atoms with Crippen LogP contribution in [0.3, 0.4) is 0 Å². The molecular formula is C2H5FOSi. The van der Waals surface area contributed by atoms with E-state index in [0.717, 1.165) is 0 Å². The highest BCUT2D eigenvalue weighted by Crippen LogP contribution is 1.73. The van der Waals surface area contributed by atoms with Crippen LogP contribution in [-0.4, -0.2) is 16.3 Å². The maximum absolute atomic E-state index is 10.8. The molecule has 0 amide bonds. The molecule has 0 N–H and O–H groups in total. The fourth-order valence-corrected chi connectivity index (χ4v) is 0. The summed E-state index contributed by atoms with van der Waals surface area (Å²) in [4.78, 5) is 9.18. The number of carbonyl (C=O) groups is 1. The van der Waals surface area contributed by atoms with Crippen molar-refractivity contribution in [3.8, 4) is 0 Å². The van der Waals surface area contributed by atoms with Gasteiger partial charge >= 0.3 is 0 Å². The quantitative estimate of drug-likeness (QED) is 0.308. The Morgan fingerprint density at radius 2 is 2.20 bits per heavy atom. The Labute approximate surface area is 32.6 Å². The van der Waals surface area contributed by atoms with Crippen LogP contribution in [0.4, 0.5) is 4.39 Å². The van der Waals surface area contributed by atoms with Gasteiger partial charge < -0.3 is 0 Å². The molecule has 0 aromatic carbocycles. The first kappa shape index (κ1) is 4.82. The third kappa shape index (κ3) is 3.82. The van der Waals surface area contributed by atoms with Gasteiger partial charge in [-0.15, -0.1) is 0 Å². The second-order valence-electron chi connectivity index (χ2n) is 0.709. The van der Waals surface area contributed by atoms with Crippen molar-refractivity contribution in [2.24, 2.45) is 0 Å². The summed E-state index contributed by atoms with van der Waals surface area (Å²) in [5.41, 5.74) is 0. The molecule has 30 valence electrons. The Hall–Kier alpha value is -0.183. The van der Waals surface area contributed by atoms with Crippen molar-refractivity contribution in [3.05, 3.63) is 0 Å². The van der Waals surface area contributed by atoms with Gasteiger partial charge in [0, 0.05) is 16.3 Å². The van der Waals surface area contributed by atoms with E-state index in [0.29, 0.717) is 10.2 Å². The molecule has 0 saturated heterocycles. The van der Waals surface area contributed by atoms with Gasteiger partial charge in [-0.1, -0.05) is 0 Å². The van der Waals surface area contributed by atoms with Crippen LogP contribution < -0.4 is 0 Å². The molecule has 5 heavy (non-hydrogen) atoms. The first-order chi connectivity index (χ1) is 2.27. The van der Waals surface area contributed by atoms with E-state index in [1.54, 1.807) is 0 Å². The van der Waals surface area contributed by atoms with Crippen molar-refractivity contribution >= 4 is 16.3 Å². The average molecular weight is 92.1 g/mol. The van der Waals surface area contributed by atoms with E-state index >= 15 is 0 Å². The summed E-state index contributed by atoms with van der Waals surface area (Å²) in [6, 6.07) is -1.04. The van der Waals surface area contributed by atoms with E-state index < -0.39 is 6.04 Å². The molecule has 0 saturated carbocycles. The van der Waals surface area contributed by atoms with Crippen LogP contribution >= 0.6 is 0 Å². The van der Waals surface area contributed by atoms with Gasteiger partial charge in [-0.05, 0) is 0 Å². The van der Waals surface area contributed by atoms with Crippen molar-refractivity contribution < 1.29 is 9.18 Å². The van der Waals surface area contributed by atoms with Crippen molar-refractivity contribution in [3.63, 3.8) is 0 Å². The SMILES string of the molecule is O=C(F)C[SiH3]. The Morgan fingerprint density at radius 1 is 2.00 bits per heavy atom. The van der Waals surface area contributed by atoms with Gasteiger partial charge in [-0.25, -0.2) is 0 Å².